The Morgan fingerprint density at radius 3 is 2.04 bits per heavy atom. The lowest BCUT2D eigenvalue weighted by atomic mass is 9.93. The first kappa shape index (κ1) is 14.9. The maximum atomic E-state index is 12.9. The van der Waals surface area contributed by atoms with Crippen molar-refractivity contribution in [3.8, 4) is 5.75 Å². The van der Waals surface area contributed by atoms with E-state index in [2.05, 4.69) is 0 Å². The molecule has 1 heterocycles. The minimum atomic E-state index is -1.35. The second-order valence-electron chi connectivity index (χ2n) is 5.66. The van der Waals surface area contributed by atoms with Crippen molar-refractivity contribution < 1.29 is 24.6 Å². The van der Waals surface area contributed by atoms with Crippen LogP contribution in [-0.4, -0.2) is 28.0 Å². The van der Waals surface area contributed by atoms with Gasteiger partial charge in [0.15, 0.2) is 0 Å². The number of hydrogen-bond acceptors (Lipinski definition) is 4. The summed E-state index contributed by atoms with van der Waals surface area (Å²) in [7, 11) is 0. The second kappa shape index (κ2) is 5.17. The monoisotopic (exact) mass is 333 g/mol. The minimum absolute atomic E-state index is 0.0942. The highest BCUT2D eigenvalue weighted by molar-refractivity contribution is 6.35. The van der Waals surface area contributed by atoms with E-state index in [1.165, 1.54) is 6.07 Å². The van der Waals surface area contributed by atoms with Crippen LogP contribution in [0.15, 0.2) is 54.6 Å². The number of anilines is 1. The predicted octanol–water partition coefficient (Wildman–Crippen LogP) is 3.04. The topological polar surface area (TPSA) is 94.9 Å². The van der Waals surface area contributed by atoms with Crippen LogP contribution in [0, 0.1) is 0 Å². The number of carbonyl (C=O) groups is 3. The number of amides is 2. The van der Waals surface area contributed by atoms with Gasteiger partial charge in [0, 0.05) is 16.5 Å². The maximum Gasteiger partial charge on any atom is 0.339 e. The SMILES string of the molecule is O=C(O)c1cc(N2C(=O)c3cccc4cccc(c34)C2=O)ccc1O. The first-order valence-corrected chi connectivity index (χ1v) is 7.46. The molecule has 122 valence electrons. The summed E-state index contributed by atoms with van der Waals surface area (Å²) >= 11 is 0. The Morgan fingerprint density at radius 2 is 1.48 bits per heavy atom. The van der Waals surface area contributed by atoms with Crippen molar-refractivity contribution in [3.05, 3.63) is 71.3 Å². The molecule has 0 bridgehead atoms. The molecular formula is C19H11NO5. The standard InChI is InChI=1S/C19H11NO5/c21-15-8-7-11(9-14(15)19(24)25)20-17(22)12-5-1-3-10-4-2-6-13(16(10)12)18(20)23/h1-9,21H,(H,24,25). The molecule has 25 heavy (non-hydrogen) atoms. The fourth-order valence-electron chi connectivity index (χ4n) is 3.10. The van der Waals surface area contributed by atoms with Crippen LogP contribution in [0.5, 0.6) is 5.75 Å². The summed E-state index contributed by atoms with van der Waals surface area (Å²) in [4.78, 5) is 37.9. The first-order chi connectivity index (χ1) is 12.0. The fraction of sp³-hybridized carbons (Fsp3) is 0. The average molecular weight is 333 g/mol. The molecule has 1 aliphatic heterocycles. The lowest BCUT2D eigenvalue weighted by molar-refractivity contribution is 0.0692. The first-order valence-electron chi connectivity index (χ1n) is 7.46. The van der Waals surface area contributed by atoms with E-state index in [4.69, 9.17) is 5.11 Å². The number of imide groups is 1. The van der Waals surface area contributed by atoms with Crippen LogP contribution in [0.1, 0.15) is 31.1 Å². The number of carboxylic acid groups (broad SMARTS) is 1. The molecule has 4 rings (SSSR count). The van der Waals surface area contributed by atoms with Gasteiger partial charge in [-0.25, -0.2) is 9.69 Å². The third-order valence-electron chi connectivity index (χ3n) is 4.24. The summed E-state index contributed by atoms with van der Waals surface area (Å²) in [6.07, 6.45) is 0. The van der Waals surface area contributed by atoms with Crippen molar-refractivity contribution in [2.24, 2.45) is 0 Å². The summed E-state index contributed by atoms with van der Waals surface area (Å²) in [6.45, 7) is 0. The van der Waals surface area contributed by atoms with Gasteiger partial charge in [0.05, 0.1) is 5.69 Å². The molecule has 0 saturated carbocycles. The van der Waals surface area contributed by atoms with E-state index in [1.807, 2.05) is 12.1 Å². The number of aromatic hydroxyl groups is 1. The average Bonchev–Trinajstić information content (AvgIpc) is 2.60. The number of aromatic carboxylic acids is 1. The lowest BCUT2D eigenvalue weighted by Crippen LogP contribution is -2.40. The van der Waals surface area contributed by atoms with E-state index in [0.29, 0.717) is 16.5 Å². The van der Waals surface area contributed by atoms with Crippen molar-refractivity contribution in [1.82, 2.24) is 0 Å². The summed E-state index contributed by atoms with van der Waals surface area (Å²) in [5, 5.41) is 20.2. The van der Waals surface area contributed by atoms with E-state index in [-0.39, 0.29) is 11.3 Å². The van der Waals surface area contributed by atoms with E-state index in [1.54, 1.807) is 24.3 Å². The van der Waals surface area contributed by atoms with Gasteiger partial charge in [-0.15, -0.1) is 0 Å². The number of phenols is 1. The van der Waals surface area contributed by atoms with Gasteiger partial charge >= 0.3 is 5.97 Å². The number of benzene rings is 3. The molecule has 0 atom stereocenters. The molecule has 0 spiro atoms. The Kier molecular flexibility index (Phi) is 3.08. The van der Waals surface area contributed by atoms with Gasteiger partial charge in [-0.2, -0.15) is 0 Å². The summed E-state index contributed by atoms with van der Waals surface area (Å²) in [5.74, 6) is -2.85. The van der Waals surface area contributed by atoms with Gasteiger partial charge in [0.2, 0.25) is 0 Å². The highest BCUT2D eigenvalue weighted by atomic mass is 16.4. The molecule has 6 heteroatoms. The third kappa shape index (κ3) is 2.08. The van der Waals surface area contributed by atoms with E-state index in [9.17, 15) is 19.5 Å². The second-order valence-corrected chi connectivity index (χ2v) is 5.66. The van der Waals surface area contributed by atoms with Crippen LogP contribution in [0.25, 0.3) is 10.8 Å². The van der Waals surface area contributed by atoms with E-state index >= 15 is 0 Å². The summed E-state index contributed by atoms with van der Waals surface area (Å²) in [6, 6.07) is 14.0. The Balaban J connectivity index is 1.94. The van der Waals surface area contributed by atoms with Crippen molar-refractivity contribution in [3.63, 3.8) is 0 Å². The summed E-state index contributed by atoms with van der Waals surface area (Å²) in [5.41, 5.74) is 0.460. The molecule has 0 unspecified atom stereocenters. The molecule has 0 aliphatic carbocycles. The molecule has 0 aromatic heterocycles. The highest BCUT2D eigenvalue weighted by Crippen LogP contribution is 2.34. The Hall–Kier alpha value is -3.67. The van der Waals surface area contributed by atoms with Crippen LogP contribution in [0.3, 0.4) is 0 Å². The number of rotatable bonds is 2. The van der Waals surface area contributed by atoms with Crippen LogP contribution in [0.4, 0.5) is 5.69 Å². The Labute approximate surface area is 141 Å². The molecule has 0 fully saturated rings. The largest absolute Gasteiger partial charge is 0.507 e. The van der Waals surface area contributed by atoms with Gasteiger partial charge in [-0.05, 0) is 35.7 Å². The zero-order valence-corrected chi connectivity index (χ0v) is 12.8. The van der Waals surface area contributed by atoms with Crippen LogP contribution >= 0.6 is 0 Å². The van der Waals surface area contributed by atoms with Crippen molar-refractivity contribution in [1.29, 1.82) is 0 Å². The zero-order chi connectivity index (χ0) is 17.7. The fourth-order valence-corrected chi connectivity index (χ4v) is 3.10. The molecule has 6 nitrogen and oxygen atoms in total. The molecule has 0 saturated heterocycles. The summed E-state index contributed by atoms with van der Waals surface area (Å²) < 4.78 is 0. The molecule has 0 radical (unpaired) electrons. The Bertz CT molecular complexity index is 1040. The van der Waals surface area contributed by atoms with Gasteiger partial charge in [0.1, 0.15) is 11.3 Å². The molecule has 2 N–H and O–H groups in total. The Morgan fingerprint density at radius 1 is 0.880 bits per heavy atom. The van der Waals surface area contributed by atoms with Gasteiger partial charge in [-0.3, -0.25) is 9.59 Å². The van der Waals surface area contributed by atoms with E-state index in [0.717, 1.165) is 22.4 Å². The number of nitrogens with zero attached hydrogens (tertiary/aromatic N) is 1. The van der Waals surface area contributed by atoms with Crippen LogP contribution in [-0.2, 0) is 0 Å². The third-order valence-corrected chi connectivity index (χ3v) is 4.24. The molecule has 3 aromatic carbocycles. The minimum Gasteiger partial charge on any atom is -0.507 e. The van der Waals surface area contributed by atoms with Gasteiger partial charge < -0.3 is 10.2 Å². The quantitative estimate of drug-likeness (QED) is 0.703. The van der Waals surface area contributed by atoms with Gasteiger partial charge in [-0.1, -0.05) is 24.3 Å². The number of carbonyl (C=O) groups excluding carboxylic acids is 2. The molecule has 3 aromatic rings. The maximum absolute atomic E-state index is 12.9. The van der Waals surface area contributed by atoms with Crippen LogP contribution in [0.2, 0.25) is 0 Å². The molecule has 1 aliphatic rings. The molecular weight excluding hydrogens is 322 g/mol. The number of carboxylic acids is 1. The smallest absolute Gasteiger partial charge is 0.339 e. The lowest BCUT2D eigenvalue weighted by Gasteiger charge is -2.27. The van der Waals surface area contributed by atoms with Crippen LogP contribution < -0.4 is 4.90 Å². The zero-order valence-electron chi connectivity index (χ0n) is 12.8. The predicted molar refractivity (Wildman–Crippen MR) is 90.2 cm³/mol. The van der Waals surface area contributed by atoms with Crippen molar-refractivity contribution in [2.75, 3.05) is 4.90 Å². The van der Waals surface area contributed by atoms with E-state index < -0.39 is 23.5 Å². The van der Waals surface area contributed by atoms with Gasteiger partial charge in [0.25, 0.3) is 11.8 Å². The molecule has 2 amide bonds. The van der Waals surface area contributed by atoms with Crippen molar-refractivity contribution >= 4 is 34.2 Å². The number of hydrogen-bond donors (Lipinski definition) is 2. The normalized spacial score (nSPS) is 13.4. The van der Waals surface area contributed by atoms with Crippen molar-refractivity contribution in [2.45, 2.75) is 0 Å². The highest BCUT2D eigenvalue weighted by Gasteiger charge is 2.34.